The van der Waals surface area contributed by atoms with E-state index in [2.05, 4.69) is 0 Å². The Morgan fingerprint density at radius 3 is 2.65 bits per heavy atom. The van der Waals surface area contributed by atoms with Gasteiger partial charge < -0.3 is 13.9 Å². The molecular weight excluding hydrogens is 332 g/mol. The molecular formula is C21H20O5. The Labute approximate surface area is 151 Å². The molecule has 2 aromatic carbocycles. The van der Waals surface area contributed by atoms with Gasteiger partial charge in [-0.15, -0.1) is 0 Å². The summed E-state index contributed by atoms with van der Waals surface area (Å²) in [6.45, 7) is 4.27. The summed E-state index contributed by atoms with van der Waals surface area (Å²) in [6.07, 6.45) is 0. The Morgan fingerprint density at radius 2 is 1.88 bits per heavy atom. The number of hydrogen-bond acceptors (Lipinski definition) is 5. The van der Waals surface area contributed by atoms with Gasteiger partial charge in [-0.25, -0.2) is 9.59 Å². The lowest BCUT2D eigenvalue weighted by atomic mass is 10.0. The molecule has 26 heavy (non-hydrogen) atoms. The Kier molecular flexibility index (Phi) is 5.19. The number of aryl methyl sites for hydroxylation is 2. The van der Waals surface area contributed by atoms with Gasteiger partial charge in [-0.05, 0) is 42.7 Å². The van der Waals surface area contributed by atoms with Crippen LogP contribution in [0.3, 0.4) is 0 Å². The third-order valence-electron chi connectivity index (χ3n) is 4.35. The Balaban J connectivity index is 1.86. The molecule has 0 aliphatic rings. The molecule has 0 radical (unpaired) electrons. The summed E-state index contributed by atoms with van der Waals surface area (Å²) >= 11 is 0. The largest absolute Gasteiger partial charge is 0.457 e. The van der Waals surface area contributed by atoms with Crippen LogP contribution in [0, 0.1) is 13.8 Å². The van der Waals surface area contributed by atoms with Crippen LogP contribution in [0.5, 0.6) is 0 Å². The van der Waals surface area contributed by atoms with Crippen molar-refractivity contribution >= 4 is 16.9 Å². The molecule has 5 nitrogen and oxygen atoms in total. The highest BCUT2D eigenvalue weighted by Crippen LogP contribution is 2.24. The first-order valence-electron chi connectivity index (χ1n) is 8.27. The molecule has 5 heteroatoms. The fraction of sp³-hybridized carbons (Fsp3) is 0.238. The van der Waals surface area contributed by atoms with Crippen molar-refractivity contribution in [2.24, 2.45) is 0 Å². The second-order valence-electron chi connectivity index (χ2n) is 6.18. The summed E-state index contributed by atoms with van der Waals surface area (Å²) in [4.78, 5) is 24.2. The summed E-state index contributed by atoms with van der Waals surface area (Å²) in [5.74, 6) is -0.451. The van der Waals surface area contributed by atoms with Crippen LogP contribution in [-0.4, -0.2) is 13.1 Å². The van der Waals surface area contributed by atoms with Crippen molar-refractivity contribution in [2.45, 2.75) is 27.1 Å². The van der Waals surface area contributed by atoms with E-state index in [0.717, 1.165) is 22.1 Å². The van der Waals surface area contributed by atoms with Crippen molar-refractivity contribution < 1.29 is 18.7 Å². The van der Waals surface area contributed by atoms with Gasteiger partial charge in [0.1, 0.15) is 12.2 Å². The van der Waals surface area contributed by atoms with Gasteiger partial charge in [-0.1, -0.05) is 24.3 Å². The first-order valence-corrected chi connectivity index (χ1v) is 8.27. The van der Waals surface area contributed by atoms with Crippen molar-refractivity contribution in [3.63, 3.8) is 0 Å². The van der Waals surface area contributed by atoms with Crippen LogP contribution in [0.2, 0.25) is 0 Å². The molecule has 0 N–H and O–H groups in total. The minimum absolute atomic E-state index is 0.00204. The van der Waals surface area contributed by atoms with E-state index in [0.29, 0.717) is 23.3 Å². The highest BCUT2D eigenvalue weighted by Gasteiger charge is 2.13. The smallest absolute Gasteiger partial charge is 0.338 e. The van der Waals surface area contributed by atoms with E-state index in [9.17, 15) is 9.59 Å². The Bertz CT molecular complexity index is 1020. The summed E-state index contributed by atoms with van der Waals surface area (Å²) < 4.78 is 15.8. The van der Waals surface area contributed by atoms with Gasteiger partial charge in [0.15, 0.2) is 0 Å². The van der Waals surface area contributed by atoms with Gasteiger partial charge in [0.2, 0.25) is 0 Å². The normalized spacial score (nSPS) is 10.9. The zero-order valence-corrected chi connectivity index (χ0v) is 15.0. The van der Waals surface area contributed by atoms with Gasteiger partial charge in [0, 0.05) is 24.1 Å². The van der Waals surface area contributed by atoms with Crippen molar-refractivity contribution in [3.8, 4) is 0 Å². The number of carbonyl (C=O) groups is 1. The summed E-state index contributed by atoms with van der Waals surface area (Å²) in [7, 11) is 1.60. The molecule has 0 unspecified atom stereocenters. The molecule has 0 fully saturated rings. The standard InChI is InChI=1S/C21H20O5/c1-13-7-8-18-17(10-19(22)26-20(18)14(13)2)12-25-21(23)16-6-4-5-15(9-16)11-24-3/h4-10H,11-12H2,1-3H3. The molecule has 0 amide bonds. The molecule has 0 saturated heterocycles. The lowest BCUT2D eigenvalue weighted by Gasteiger charge is -2.10. The van der Waals surface area contributed by atoms with Crippen LogP contribution in [0.1, 0.15) is 32.6 Å². The maximum Gasteiger partial charge on any atom is 0.338 e. The quantitative estimate of drug-likeness (QED) is 0.514. The average Bonchev–Trinajstić information content (AvgIpc) is 2.63. The van der Waals surface area contributed by atoms with Crippen LogP contribution >= 0.6 is 0 Å². The van der Waals surface area contributed by atoms with Crippen molar-refractivity contribution in [3.05, 3.63) is 80.7 Å². The molecule has 134 valence electrons. The van der Waals surface area contributed by atoms with E-state index in [1.165, 1.54) is 6.07 Å². The number of carbonyl (C=O) groups excluding carboxylic acids is 1. The number of hydrogen-bond donors (Lipinski definition) is 0. The Morgan fingerprint density at radius 1 is 1.08 bits per heavy atom. The lowest BCUT2D eigenvalue weighted by molar-refractivity contribution is 0.0473. The summed E-state index contributed by atoms with van der Waals surface area (Å²) in [5, 5.41) is 0.772. The summed E-state index contributed by atoms with van der Waals surface area (Å²) in [6, 6.07) is 12.3. The minimum Gasteiger partial charge on any atom is -0.457 e. The second-order valence-corrected chi connectivity index (χ2v) is 6.18. The van der Waals surface area contributed by atoms with Crippen LogP contribution in [-0.2, 0) is 22.7 Å². The fourth-order valence-electron chi connectivity index (χ4n) is 2.83. The van der Waals surface area contributed by atoms with Gasteiger partial charge in [0.05, 0.1) is 12.2 Å². The molecule has 0 bridgehead atoms. The van der Waals surface area contributed by atoms with E-state index < -0.39 is 11.6 Å². The van der Waals surface area contributed by atoms with E-state index in [1.54, 1.807) is 25.3 Å². The van der Waals surface area contributed by atoms with Gasteiger partial charge in [0.25, 0.3) is 0 Å². The first kappa shape index (κ1) is 17.9. The van der Waals surface area contributed by atoms with Crippen LogP contribution in [0.4, 0.5) is 0 Å². The van der Waals surface area contributed by atoms with Gasteiger partial charge in [-0.2, -0.15) is 0 Å². The highest BCUT2D eigenvalue weighted by atomic mass is 16.5. The summed E-state index contributed by atoms with van der Waals surface area (Å²) in [5.41, 5.74) is 3.97. The number of esters is 1. The van der Waals surface area contributed by atoms with Crippen molar-refractivity contribution in [1.82, 2.24) is 0 Å². The molecule has 0 aliphatic carbocycles. The third kappa shape index (κ3) is 3.68. The minimum atomic E-state index is -0.459. The zero-order valence-electron chi connectivity index (χ0n) is 15.0. The maximum absolute atomic E-state index is 12.4. The first-order chi connectivity index (χ1) is 12.5. The molecule has 0 saturated carbocycles. The highest BCUT2D eigenvalue weighted by molar-refractivity contribution is 5.90. The van der Waals surface area contributed by atoms with Crippen molar-refractivity contribution in [1.29, 1.82) is 0 Å². The number of ether oxygens (including phenoxy) is 2. The average molecular weight is 352 g/mol. The number of methoxy groups -OCH3 is 1. The monoisotopic (exact) mass is 352 g/mol. The maximum atomic E-state index is 12.4. The topological polar surface area (TPSA) is 65.7 Å². The van der Waals surface area contributed by atoms with E-state index in [4.69, 9.17) is 13.9 Å². The molecule has 0 spiro atoms. The fourth-order valence-corrected chi connectivity index (χ4v) is 2.83. The van der Waals surface area contributed by atoms with Crippen LogP contribution in [0.25, 0.3) is 11.0 Å². The second kappa shape index (κ2) is 7.54. The number of benzene rings is 2. The van der Waals surface area contributed by atoms with Gasteiger partial charge in [-0.3, -0.25) is 0 Å². The molecule has 0 aliphatic heterocycles. The lowest BCUT2D eigenvalue weighted by Crippen LogP contribution is -2.09. The van der Waals surface area contributed by atoms with Gasteiger partial charge >= 0.3 is 11.6 Å². The SMILES string of the molecule is COCc1cccc(C(=O)OCc2cc(=O)oc3c(C)c(C)ccc23)c1. The van der Waals surface area contributed by atoms with E-state index in [-0.39, 0.29) is 6.61 Å². The van der Waals surface area contributed by atoms with Crippen LogP contribution < -0.4 is 5.63 Å². The predicted octanol–water partition coefficient (Wildman–Crippen LogP) is 3.91. The third-order valence-corrected chi connectivity index (χ3v) is 4.35. The molecule has 1 heterocycles. The number of rotatable bonds is 5. The van der Waals surface area contributed by atoms with E-state index >= 15 is 0 Å². The Hall–Kier alpha value is -2.92. The zero-order chi connectivity index (χ0) is 18.7. The molecule has 0 atom stereocenters. The molecule has 1 aromatic heterocycles. The predicted molar refractivity (Wildman–Crippen MR) is 98.2 cm³/mol. The molecule has 3 rings (SSSR count). The molecule has 3 aromatic rings. The number of fused-ring (bicyclic) bond motifs is 1. The van der Waals surface area contributed by atoms with E-state index in [1.807, 2.05) is 32.0 Å². The van der Waals surface area contributed by atoms with Crippen LogP contribution in [0.15, 0.2) is 51.7 Å². The van der Waals surface area contributed by atoms with Crippen molar-refractivity contribution in [2.75, 3.05) is 7.11 Å².